The van der Waals surface area contributed by atoms with Crippen LogP contribution in [0.5, 0.6) is 11.5 Å². The lowest BCUT2D eigenvalue weighted by Gasteiger charge is -2.13. The van der Waals surface area contributed by atoms with Crippen molar-refractivity contribution in [2.75, 3.05) is 13.7 Å². The number of nitrogens with zero attached hydrogens (tertiary/aromatic N) is 1. The fourth-order valence-corrected chi connectivity index (χ4v) is 3.19. The number of aromatic nitrogens is 1. The van der Waals surface area contributed by atoms with Crippen LogP contribution in [0.25, 0.3) is 6.08 Å². The Morgan fingerprint density at radius 2 is 2.08 bits per heavy atom. The maximum Gasteiger partial charge on any atom is 0.303 e. The first kappa shape index (κ1) is 20.2. The van der Waals surface area contributed by atoms with Gasteiger partial charge in [0, 0.05) is 12.5 Å². The highest BCUT2D eigenvalue weighted by molar-refractivity contribution is 5.66. The molecule has 0 radical (unpaired) electrons. The van der Waals surface area contributed by atoms with Gasteiger partial charge in [-0.2, -0.15) is 0 Å². The van der Waals surface area contributed by atoms with Gasteiger partial charge in [-0.05, 0) is 44.1 Å². The third-order valence-corrected chi connectivity index (χ3v) is 4.71. The molecule has 1 saturated carbocycles. The summed E-state index contributed by atoms with van der Waals surface area (Å²) in [6, 6.07) is 1.79. The van der Waals surface area contributed by atoms with Crippen LogP contribution in [0, 0.1) is 5.92 Å². The Morgan fingerprint density at radius 1 is 1.31 bits per heavy atom. The van der Waals surface area contributed by atoms with Crippen molar-refractivity contribution in [3.05, 3.63) is 24.0 Å². The molecule has 0 amide bonds. The molecule has 1 unspecified atom stereocenters. The number of hydrogen-bond donors (Lipinski definition) is 2. The lowest BCUT2D eigenvalue weighted by atomic mass is 10.0. The number of aliphatic carboxylic acids is 1. The van der Waals surface area contributed by atoms with Gasteiger partial charge >= 0.3 is 5.97 Å². The smallest absolute Gasteiger partial charge is 0.303 e. The molecule has 1 heterocycles. The molecule has 1 aliphatic carbocycles. The van der Waals surface area contributed by atoms with Gasteiger partial charge in [-0.3, -0.25) is 9.78 Å². The maximum atomic E-state index is 10.5. The van der Waals surface area contributed by atoms with Gasteiger partial charge in [0.15, 0.2) is 11.5 Å². The highest BCUT2D eigenvalue weighted by Crippen LogP contribution is 2.29. The minimum Gasteiger partial charge on any atom is -0.493 e. The second-order valence-corrected chi connectivity index (χ2v) is 6.71. The van der Waals surface area contributed by atoms with E-state index >= 15 is 0 Å². The SMILES string of the molecule is COc1cc(C=CC(O)C2CCCC2)ncc1OCCCCCC(=O)O. The summed E-state index contributed by atoms with van der Waals surface area (Å²) in [5, 5.41) is 18.8. The van der Waals surface area contributed by atoms with Crippen LogP contribution >= 0.6 is 0 Å². The molecule has 0 aromatic carbocycles. The van der Waals surface area contributed by atoms with Crippen molar-refractivity contribution in [2.24, 2.45) is 5.92 Å². The maximum absolute atomic E-state index is 10.5. The van der Waals surface area contributed by atoms with E-state index in [-0.39, 0.29) is 6.42 Å². The highest BCUT2D eigenvalue weighted by atomic mass is 16.5. The van der Waals surface area contributed by atoms with Crippen molar-refractivity contribution in [3.8, 4) is 11.5 Å². The largest absolute Gasteiger partial charge is 0.493 e. The Bertz CT molecular complexity index is 596. The normalized spacial score (nSPS) is 16.1. The third-order valence-electron chi connectivity index (χ3n) is 4.71. The van der Waals surface area contributed by atoms with Gasteiger partial charge in [0.2, 0.25) is 0 Å². The molecule has 6 heteroatoms. The predicted octanol–water partition coefficient (Wildman–Crippen LogP) is 3.68. The number of rotatable bonds is 11. The number of carboxylic acids is 1. The van der Waals surface area contributed by atoms with Crippen LogP contribution in [-0.4, -0.2) is 41.0 Å². The van der Waals surface area contributed by atoms with E-state index in [1.165, 1.54) is 12.8 Å². The molecule has 0 bridgehead atoms. The molecule has 0 aliphatic heterocycles. The zero-order valence-electron chi connectivity index (χ0n) is 15.4. The number of carboxylic acid groups (broad SMARTS) is 1. The molecule has 1 aromatic rings. The van der Waals surface area contributed by atoms with E-state index in [0.717, 1.165) is 25.7 Å². The van der Waals surface area contributed by atoms with E-state index < -0.39 is 12.1 Å². The van der Waals surface area contributed by atoms with E-state index in [4.69, 9.17) is 14.6 Å². The molecule has 6 nitrogen and oxygen atoms in total. The predicted molar refractivity (Wildman–Crippen MR) is 99.4 cm³/mol. The molecule has 26 heavy (non-hydrogen) atoms. The molecular weight excluding hydrogens is 334 g/mol. The minimum atomic E-state index is -0.765. The first-order chi connectivity index (χ1) is 12.6. The molecule has 144 valence electrons. The average Bonchev–Trinajstić information content (AvgIpc) is 3.17. The standard InChI is InChI=1S/C20H29NO5/c1-25-18-13-16(10-11-17(22)15-7-4-5-8-15)21-14-19(18)26-12-6-2-3-9-20(23)24/h10-11,13-15,17,22H,2-9,12H2,1H3,(H,23,24). The number of methoxy groups -OCH3 is 1. The van der Waals surface area contributed by atoms with E-state index in [1.807, 2.05) is 6.08 Å². The Labute approximate surface area is 154 Å². The Hall–Kier alpha value is -2.08. The Kier molecular flexibility index (Phi) is 8.41. The number of aliphatic hydroxyl groups excluding tert-OH is 1. The van der Waals surface area contributed by atoms with E-state index in [2.05, 4.69) is 4.98 Å². The van der Waals surface area contributed by atoms with Gasteiger partial charge in [0.1, 0.15) is 0 Å². The molecule has 0 spiro atoms. The fourth-order valence-electron chi connectivity index (χ4n) is 3.19. The Balaban J connectivity index is 1.83. The summed E-state index contributed by atoms with van der Waals surface area (Å²) in [5.41, 5.74) is 0.715. The van der Waals surface area contributed by atoms with Gasteiger partial charge in [-0.15, -0.1) is 0 Å². The van der Waals surface area contributed by atoms with Crippen LogP contribution in [0.1, 0.15) is 57.1 Å². The third kappa shape index (κ3) is 6.67. The molecule has 1 aromatic heterocycles. The topological polar surface area (TPSA) is 88.9 Å². The summed E-state index contributed by atoms with van der Waals surface area (Å²) in [5.74, 6) is 0.759. The first-order valence-electron chi connectivity index (χ1n) is 9.35. The van der Waals surface area contributed by atoms with Gasteiger partial charge < -0.3 is 19.7 Å². The number of pyridine rings is 1. The quantitative estimate of drug-likeness (QED) is 0.583. The average molecular weight is 363 g/mol. The molecule has 2 N–H and O–H groups in total. The zero-order chi connectivity index (χ0) is 18.8. The van der Waals surface area contributed by atoms with Crippen LogP contribution in [-0.2, 0) is 4.79 Å². The Morgan fingerprint density at radius 3 is 2.77 bits per heavy atom. The van der Waals surface area contributed by atoms with Crippen molar-refractivity contribution in [2.45, 2.75) is 57.5 Å². The number of aliphatic hydroxyl groups is 1. The summed E-state index contributed by atoms with van der Waals surface area (Å²) < 4.78 is 11.1. The summed E-state index contributed by atoms with van der Waals surface area (Å²) in [4.78, 5) is 14.8. The van der Waals surface area contributed by atoms with Crippen LogP contribution in [0.2, 0.25) is 0 Å². The fraction of sp³-hybridized carbons (Fsp3) is 0.600. The first-order valence-corrected chi connectivity index (χ1v) is 9.35. The van der Waals surface area contributed by atoms with Crippen molar-refractivity contribution in [1.82, 2.24) is 4.98 Å². The van der Waals surface area contributed by atoms with Gasteiger partial charge in [0.25, 0.3) is 0 Å². The molecule has 0 saturated heterocycles. The molecular formula is C20H29NO5. The monoisotopic (exact) mass is 363 g/mol. The summed E-state index contributed by atoms with van der Waals surface area (Å²) >= 11 is 0. The van der Waals surface area contributed by atoms with Crippen molar-refractivity contribution in [3.63, 3.8) is 0 Å². The molecule has 1 aliphatic rings. The number of carbonyl (C=O) groups is 1. The summed E-state index contributed by atoms with van der Waals surface area (Å²) in [6.07, 6.45) is 11.8. The highest BCUT2D eigenvalue weighted by Gasteiger charge is 2.20. The van der Waals surface area contributed by atoms with Gasteiger partial charge in [-0.1, -0.05) is 18.9 Å². The van der Waals surface area contributed by atoms with Crippen molar-refractivity contribution < 1.29 is 24.5 Å². The number of hydrogen-bond acceptors (Lipinski definition) is 5. The zero-order valence-corrected chi connectivity index (χ0v) is 15.4. The molecule has 1 atom stereocenters. The van der Waals surface area contributed by atoms with Gasteiger partial charge in [-0.25, -0.2) is 0 Å². The van der Waals surface area contributed by atoms with Crippen LogP contribution in [0.15, 0.2) is 18.3 Å². The number of ether oxygens (including phenoxy) is 2. The van der Waals surface area contributed by atoms with E-state index in [0.29, 0.717) is 36.1 Å². The lowest BCUT2D eigenvalue weighted by Crippen LogP contribution is -2.14. The number of unbranched alkanes of at least 4 members (excludes halogenated alkanes) is 2. The van der Waals surface area contributed by atoms with Crippen LogP contribution in [0.3, 0.4) is 0 Å². The minimum absolute atomic E-state index is 0.193. The lowest BCUT2D eigenvalue weighted by molar-refractivity contribution is -0.137. The summed E-state index contributed by atoms with van der Waals surface area (Å²) in [7, 11) is 1.58. The van der Waals surface area contributed by atoms with Crippen molar-refractivity contribution >= 4 is 12.0 Å². The second kappa shape index (κ2) is 10.8. The van der Waals surface area contributed by atoms with E-state index in [9.17, 15) is 9.90 Å². The van der Waals surface area contributed by atoms with Crippen LogP contribution < -0.4 is 9.47 Å². The van der Waals surface area contributed by atoms with Crippen molar-refractivity contribution in [1.29, 1.82) is 0 Å². The van der Waals surface area contributed by atoms with Gasteiger partial charge in [0.05, 0.1) is 31.7 Å². The van der Waals surface area contributed by atoms with Crippen LogP contribution in [0.4, 0.5) is 0 Å². The molecule has 2 rings (SSSR count). The summed E-state index contributed by atoms with van der Waals surface area (Å²) in [6.45, 7) is 0.493. The van der Waals surface area contributed by atoms with E-state index in [1.54, 1.807) is 25.4 Å². The molecule has 1 fully saturated rings. The second-order valence-electron chi connectivity index (χ2n) is 6.71.